The summed E-state index contributed by atoms with van der Waals surface area (Å²) < 4.78 is 0. The number of amides is 3. The van der Waals surface area contributed by atoms with Gasteiger partial charge in [-0.05, 0) is 25.7 Å². The molecule has 1 atom stereocenters. The van der Waals surface area contributed by atoms with E-state index in [1.807, 2.05) is 0 Å². The van der Waals surface area contributed by atoms with Gasteiger partial charge >= 0.3 is 6.03 Å². The fraction of sp³-hybridized carbons (Fsp3) is 0.833. The van der Waals surface area contributed by atoms with Gasteiger partial charge in [-0.25, -0.2) is 4.79 Å². The number of nitrogens with zero attached hydrogens (tertiary/aromatic N) is 1. The fourth-order valence-corrected chi connectivity index (χ4v) is 2.19. The lowest BCUT2D eigenvalue weighted by Gasteiger charge is -2.27. The molecule has 0 radical (unpaired) electrons. The minimum Gasteiger partial charge on any atom is -0.327 e. The molecule has 1 fully saturated rings. The van der Waals surface area contributed by atoms with Crippen LogP contribution in [-0.4, -0.2) is 35.8 Å². The first kappa shape index (κ1) is 14.3. The highest BCUT2D eigenvalue weighted by molar-refractivity contribution is 6.31. The minimum absolute atomic E-state index is 0.354. The molecule has 1 N–H and O–H groups in total. The molecule has 4 nitrogen and oxygen atoms in total. The van der Waals surface area contributed by atoms with Gasteiger partial charge in [0, 0.05) is 13.6 Å². The summed E-state index contributed by atoms with van der Waals surface area (Å²) in [6, 6.07) is -0.354. The molecule has 1 saturated carbocycles. The highest BCUT2D eigenvalue weighted by atomic mass is 35.5. The molecule has 0 aromatic carbocycles. The predicted molar refractivity (Wildman–Crippen MR) is 68.1 cm³/mol. The SMILES string of the molecule is CC(Cl)C(=O)NC(=O)N(C)CC1CCCCC1. The Balaban J connectivity index is 2.33. The third-order valence-electron chi connectivity index (χ3n) is 3.19. The lowest BCUT2D eigenvalue weighted by atomic mass is 9.89. The molecule has 17 heavy (non-hydrogen) atoms. The zero-order valence-electron chi connectivity index (χ0n) is 10.5. The third kappa shape index (κ3) is 4.94. The summed E-state index contributed by atoms with van der Waals surface area (Å²) in [5, 5.41) is 1.61. The van der Waals surface area contributed by atoms with E-state index >= 15 is 0 Å². The summed E-state index contributed by atoms with van der Waals surface area (Å²) in [5.41, 5.74) is 0. The van der Waals surface area contributed by atoms with E-state index in [-0.39, 0.29) is 6.03 Å². The lowest BCUT2D eigenvalue weighted by Crippen LogP contribution is -2.44. The monoisotopic (exact) mass is 260 g/mol. The number of urea groups is 1. The average molecular weight is 261 g/mol. The Morgan fingerprint density at radius 2 is 1.94 bits per heavy atom. The molecular weight excluding hydrogens is 240 g/mol. The zero-order valence-corrected chi connectivity index (χ0v) is 11.3. The first-order valence-corrected chi connectivity index (χ1v) is 6.64. The van der Waals surface area contributed by atoms with Crippen molar-refractivity contribution >= 4 is 23.5 Å². The molecule has 1 aliphatic rings. The largest absolute Gasteiger partial charge is 0.327 e. The highest BCUT2D eigenvalue weighted by Gasteiger charge is 2.20. The standard InChI is InChI=1S/C12H21ClN2O2/c1-9(13)11(16)14-12(17)15(2)8-10-6-4-3-5-7-10/h9-10H,3-8H2,1-2H3,(H,14,16,17). The van der Waals surface area contributed by atoms with Gasteiger partial charge in [0.2, 0.25) is 5.91 Å². The van der Waals surface area contributed by atoms with E-state index in [0.717, 1.165) is 6.54 Å². The van der Waals surface area contributed by atoms with Gasteiger partial charge < -0.3 is 4.90 Å². The number of halogens is 1. The normalized spacial score (nSPS) is 18.5. The first-order valence-electron chi connectivity index (χ1n) is 6.20. The van der Waals surface area contributed by atoms with Crippen LogP contribution in [0.3, 0.4) is 0 Å². The molecule has 1 rings (SSSR count). The summed E-state index contributed by atoms with van der Waals surface area (Å²) >= 11 is 5.59. The first-order chi connectivity index (χ1) is 8.00. The van der Waals surface area contributed by atoms with Crippen molar-refractivity contribution in [2.45, 2.75) is 44.4 Å². The van der Waals surface area contributed by atoms with E-state index in [1.165, 1.54) is 32.1 Å². The van der Waals surface area contributed by atoms with Crippen LogP contribution in [0.25, 0.3) is 0 Å². The molecule has 3 amide bonds. The van der Waals surface area contributed by atoms with Crippen molar-refractivity contribution in [3.05, 3.63) is 0 Å². The molecule has 0 aromatic rings. The number of carbonyl (C=O) groups excluding carboxylic acids is 2. The minimum atomic E-state index is -0.679. The van der Waals surface area contributed by atoms with Crippen LogP contribution in [0, 0.1) is 5.92 Å². The molecule has 0 heterocycles. The number of imide groups is 1. The van der Waals surface area contributed by atoms with Crippen LogP contribution in [0.15, 0.2) is 0 Å². The molecule has 0 spiro atoms. The van der Waals surface area contributed by atoms with Crippen molar-refractivity contribution in [2.75, 3.05) is 13.6 Å². The summed E-state index contributed by atoms with van der Waals surface area (Å²) in [5.74, 6) is 0.134. The average Bonchev–Trinajstić information content (AvgIpc) is 2.29. The Morgan fingerprint density at radius 3 is 2.47 bits per heavy atom. The van der Waals surface area contributed by atoms with Crippen LogP contribution in [0.4, 0.5) is 4.79 Å². The Morgan fingerprint density at radius 1 is 1.35 bits per heavy atom. The molecule has 0 saturated heterocycles. The third-order valence-corrected chi connectivity index (χ3v) is 3.39. The number of alkyl halides is 1. The van der Waals surface area contributed by atoms with Crippen LogP contribution in [0.1, 0.15) is 39.0 Å². The highest BCUT2D eigenvalue weighted by Crippen LogP contribution is 2.23. The van der Waals surface area contributed by atoms with E-state index in [4.69, 9.17) is 11.6 Å². The van der Waals surface area contributed by atoms with Crippen LogP contribution in [0.5, 0.6) is 0 Å². The number of hydrogen-bond acceptors (Lipinski definition) is 2. The second-order valence-electron chi connectivity index (χ2n) is 4.79. The van der Waals surface area contributed by atoms with Crippen molar-refractivity contribution < 1.29 is 9.59 Å². The summed E-state index contributed by atoms with van der Waals surface area (Å²) in [7, 11) is 1.72. The zero-order chi connectivity index (χ0) is 12.8. The van der Waals surface area contributed by atoms with E-state index in [9.17, 15) is 9.59 Å². The number of carbonyl (C=O) groups is 2. The van der Waals surface area contributed by atoms with E-state index in [1.54, 1.807) is 18.9 Å². The summed E-state index contributed by atoms with van der Waals surface area (Å²) in [4.78, 5) is 24.5. The van der Waals surface area contributed by atoms with Crippen molar-refractivity contribution in [2.24, 2.45) is 5.92 Å². The van der Waals surface area contributed by atoms with Gasteiger partial charge in [0.15, 0.2) is 0 Å². The number of rotatable bonds is 3. The van der Waals surface area contributed by atoms with Gasteiger partial charge in [-0.3, -0.25) is 10.1 Å². The van der Waals surface area contributed by atoms with Crippen LogP contribution in [0.2, 0.25) is 0 Å². The molecule has 98 valence electrons. The topological polar surface area (TPSA) is 49.4 Å². The van der Waals surface area contributed by atoms with Crippen LogP contribution >= 0.6 is 11.6 Å². The maximum absolute atomic E-state index is 11.7. The quantitative estimate of drug-likeness (QED) is 0.792. The van der Waals surface area contributed by atoms with Crippen LogP contribution < -0.4 is 5.32 Å². The van der Waals surface area contributed by atoms with E-state index < -0.39 is 11.3 Å². The number of nitrogens with one attached hydrogen (secondary N) is 1. The van der Waals surface area contributed by atoms with E-state index in [2.05, 4.69) is 5.32 Å². The van der Waals surface area contributed by atoms with Gasteiger partial charge in [0.25, 0.3) is 0 Å². The van der Waals surface area contributed by atoms with Gasteiger partial charge in [-0.1, -0.05) is 19.3 Å². The summed E-state index contributed by atoms with van der Waals surface area (Å²) in [6.45, 7) is 2.26. The Hall–Kier alpha value is -0.770. The molecule has 1 aliphatic carbocycles. The Kier molecular flexibility index (Phi) is 5.75. The Labute approximate surface area is 108 Å². The van der Waals surface area contributed by atoms with Crippen LogP contribution in [-0.2, 0) is 4.79 Å². The van der Waals surface area contributed by atoms with Crippen molar-refractivity contribution in [3.8, 4) is 0 Å². The van der Waals surface area contributed by atoms with Gasteiger partial charge in [0.1, 0.15) is 5.38 Å². The second kappa shape index (κ2) is 6.84. The lowest BCUT2D eigenvalue weighted by molar-refractivity contribution is -0.119. The smallest absolute Gasteiger partial charge is 0.323 e. The number of hydrogen-bond donors (Lipinski definition) is 1. The molecule has 1 unspecified atom stereocenters. The molecule has 0 aromatic heterocycles. The van der Waals surface area contributed by atoms with Gasteiger partial charge in [0.05, 0.1) is 0 Å². The molecular formula is C12H21ClN2O2. The van der Waals surface area contributed by atoms with E-state index in [0.29, 0.717) is 5.92 Å². The van der Waals surface area contributed by atoms with Crippen molar-refractivity contribution in [3.63, 3.8) is 0 Å². The molecule has 0 aliphatic heterocycles. The maximum Gasteiger partial charge on any atom is 0.323 e. The van der Waals surface area contributed by atoms with Crippen molar-refractivity contribution in [1.29, 1.82) is 0 Å². The fourth-order valence-electron chi connectivity index (χ4n) is 2.14. The maximum atomic E-state index is 11.7. The Bertz CT molecular complexity index is 276. The second-order valence-corrected chi connectivity index (χ2v) is 5.45. The molecule has 5 heteroatoms. The molecule has 0 bridgehead atoms. The summed E-state index contributed by atoms with van der Waals surface area (Å²) in [6.07, 6.45) is 6.15. The van der Waals surface area contributed by atoms with Gasteiger partial charge in [-0.15, -0.1) is 11.6 Å². The van der Waals surface area contributed by atoms with Gasteiger partial charge in [-0.2, -0.15) is 0 Å². The predicted octanol–water partition coefficient (Wildman–Crippen LogP) is 2.36. The van der Waals surface area contributed by atoms with Crippen molar-refractivity contribution in [1.82, 2.24) is 10.2 Å².